The van der Waals surface area contributed by atoms with Gasteiger partial charge >= 0.3 is 5.69 Å². The van der Waals surface area contributed by atoms with Crippen LogP contribution in [0.1, 0.15) is 13.8 Å². The Balaban J connectivity index is 2.41. The van der Waals surface area contributed by atoms with E-state index in [4.69, 9.17) is 0 Å². The maximum atomic E-state index is 13.2. The first-order valence-electron chi connectivity index (χ1n) is 7.70. The number of benzene rings is 1. The van der Waals surface area contributed by atoms with Gasteiger partial charge in [-0.2, -0.15) is 0 Å². The molecule has 0 N–H and O–H groups in total. The van der Waals surface area contributed by atoms with Crippen LogP contribution in [0, 0.1) is 5.82 Å². The van der Waals surface area contributed by atoms with Gasteiger partial charge in [0.15, 0.2) is 11.5 Å². The summed E-state index contributed by atoms with van der Waals surface area (Å²) in [6, 6.07) is 5.78. The van der Waals surface area contributed by atoms with Gasteiger partial charge in [0.1, 0.15) is 16.2 Å². The van der Waals surface area contributed by atoms with Crippen LogP contribution in [0.3, 0.4) is 0 Å². The average molecular weight is 360 g/mol. The lowest BCUT2D eigenvalue weighted by Crippen LogP contribution is -2.37. The highest BCUT2D eigenvalue weighted by atomic mass is 32.2. The van der Waals surface area contributed by atoms with E-state index in [2.05, 4.69) is 9.97 Å². The average Bonchev–Trinajstić information content (AvgIpc) is 2.57. The van der Waals surface area contributed by atoms with E-state index in [1.54, 1.807) is 19.2 Å². The van der Waals surface area contributed by atoms with Crippen molar-refractivity contribution >= 4 is 22.8 Å². The summed E-state index contributed by atoms with van der Waals surface area (Å²) in [5, 5.41) is 1.01. The molecule has 0 saturated heterocycles. The Labute approximate surface area is 147 Å². The van der Waals surface area contributed by atoms with Crippen LogP contribution in [0.5, 0.6) is 0 Å². The van der Waals surface area contributed by atoms with E-state index in [0.717, 1.165) is 4.57 Å². The zero-order valence-electron chi connectivity index (χ0n) is 14.3. The molecule has 3 rings (SSSR count). The van der Waals surface area contributed by atoms with E-state index >= 15 is 0 Å². The van der Waals surface area contributed by atoms with Crippen molar-refractivity contribution in [2.24, 2.45) is 14.1 Å². The van der Waals surface area contributed by atoms with Gasteiger partial charge in [-0.25, -0.2) is 19.2 Å². The lowest BCUT2D eigenvalue weighted by Gasteiger charge is -2.13. The van der Waals surface area contributed by atoms with Crippen LogP contribution in [-0.4, -0.2) is 24.4 Å². The monoisotopic (exact) mass is 360 g/mol. The highest BCUT2D eigenvalue weighted by Crippen LogP contribution is 2.28. The van der Waals surface area contributed by atoms with Crippen molar-refractivity contribution < 1.29 is 4.39 Å². The van der Waals surface area contributed by atoms with Crippen LogP contribution in [-0.2, 0) is 14.1 Å². The largest absolute Gasteiger partial charge is 0.332 e. The van der Waals surface area contributed by atoms with E-state index in [1.165, 1.54) is 35.5 Å². The van der Waals surface area contributed by atoms with Crippen LogP contribution in [0.15, 0.2) is 38.9 Å². The first kappa shape index (κ1) is 17.3. The number of nitrogens with zero attached hydrogens (tertiary/aromatic N) is 4. The molecule has 0 aliphatic heterocycles. The summed E-state index contributed by atoms with van der Waals surface area (Å²) in [4.78, 5) is 33.8. The molecule has 0 aliphatic rings. The minimum atomic E-state index is -0.457. The van der Waals surface area contributed by atoms with Crippen LogP contribution < -0.4 is 11.2 Å². The predicted molar refractivity (Wildman–Crippen MR) is 96.4 cm³/mol. The number of fused-ring (bicyclic) bond motifs is 1. The molecule has 0 unspecified atom stereocenters. The van der Waals surface area contributed by atoms with Gasteiger partial charge in [-0.05, 0) is 24.3 Å². The van der Waals surface area contributed by atoms with Gasteiger partial charge in [0.05, 0.1) is 0 Å². The number of halogens is 1. The van der Waals surface area contributed by atoms with E-state index in [1.807, 2.05) is 13.8 Å². The number of thioether (sulfide) groups is 1. The molecule has 0 radical (unpaired) electrons. The Kier molecular flexibility index (Phi) is 4.47. The summed E-state index contributed by atoms with van der Waals surface area (Å²) in [5.41, 5.74) is 0.00117. The third kappa shape index (κ3) is 3.09. The fraction of sp³-hybridized carbons (Fsp3) is 0.294. The van der Waals surface area contributed by atoms with Gasteiger partial charge in [0.25, 0.3) is 5.56 Å². The molecule has 0 amide bonds. The molecule has 0 fully saturated rings. The molecule has 8 heteroatoms. The van der Waals surface area contributed by atoms with Crippen molar-refractivity contribution in [3.05, 3.63) is 50.9 Å². The van der Waals surface area contributed by atoms with Gasteiger partial charge in [0.2, 0.25) is 0 Å². The predicted octanol–water partition coefficient (Wildman–Crippen LogP) is 2.33. The first-order valence-corrected chi connectivity index (χ1v) is 8.58. The minimum absolute atomic E-state index is 0.182. The van der Waals surface area contributed by atoms with Gasteiger partial charge < -0.3 is 0 Å². The first-order chi connectivity index (χ1) is 11.8. The third-order valence-corrected chi connectivity index (χ3v) is 4.71. The fourth-order valence-electron chi connectivity index (χ4n) is 2.47. The molecular formula is C17H17FN4O2S. The SMILES string of the molecule is CC(C)Sc1nc(-c2ccc(F)cc2)nc2c1c(=O)n(C)c(=O)n2C. The molecule has 3 aromatic rings. The molecule has 0 spiro atoms. The highest BCUT2D eigenvalue weighted by molar-refractivity contribution is 8.00. The third-order valence-electron chi connectivity index (χ3n) is 3.72. The van der Waals surface area contributed by atoms with E-state index < -0.39 is 11.2 Å². The van der Waals surface area contributed by atoms with Gasteiger partial charge in [-0.1, -0.05) is 13.8 Å². The maximum absolute atomic E-state index is 13.2. The Morgan fingerprint density at radius 2 is 1.68 bits per heavy atom. The lowest BCUT2D eigenvalue weighted by molar-refractivity contribution is 0.628. The maximum Gasteiger partial charge on any atom is 0.332 e. The number of hydrogen-bond donors (Lipinski definition) is 0. The molecule has 2 aromatic heterocycles. The van der Waals surface area contributed by atoms with Gasteiger partial charge in [-0.15, -0.1) is 11.8 Å². The van der Waals surface area contributed by atoms with Crippen molar-refractivity contribution in [3.8, 4) is 11.4 Å². The van der Waals surface area contributed by atoms with Crippen LogP contribution in [0.2, 0.25) is 0 Å². The Hall–Kier alpha value is -2.48. The molecule has 0 saturated carbocycles. The second-order valence-electron chi connectivity index (χ2n) is 5.93. The number of hydrogen-bond acceptors (Lipinski definition) is 5. The molecule has 25 heavy (non-hydrogen) atoms. The normalized spacial score (nSPS) is 11.4. The second kappa shape index (κ2) is 6.44. The van der Waals surface area contributed by atoms with Gasteiger partial charge in [0, 0.05) is 24.9 Å². The molecule has 6 nitrogen and oxygen atoms in total. The molecule has 0 bridgehead atoms. The Morgan fingerprint density at radius 1 is 1.04 bits per heavy atom. The van der Waals surface area contributed by atoms with Crippen LogP contribution >= 0.6 is 11.8 Å². The van der Waals surface area contributed by atoms with E-state index in [9.17, 15) is 14.0 Å². The summed E-state index contributed by atoms with van der Waals surface area (Å²) < 4.78 is 15.6. The zero-order valence-corrected chi connectivity index (χ0v) is 15.1. The smallest absolute Gasteiger partial charge is 0.280 e. The van der Waals surface area contributed by atoms with Crippen molar-refractivity contribution in [1.82, 2.24) is 19.1 Å². The summed E-state index contributed by atoms with van der Waals surface area (Å²) >= 11 is 1.42. The molecule has 130 valence electrons. The summed E-state index contributed by atoms with van der Waals surface area (Å²) in [5.74, 6) is -0.0125. The van der Waals surface area contributed by atoms with Crippen LogP contribution in [0.4, 0.5) is 4.39 Å². The molecule has 0 aliphatic carbocycles. The number of aromatic nitrogens is 4. The zero-order chi connectivity index (χ0) is 18.3. The lowest BCUT2D eigenvalue weighted by atomic mass is 10.2. The Bertz CT molecular complexity index is 1070. The standard InChI is InChI=1S/C17H17FN4O2S/c1-9(2)25-15-12-14(21(3)17(24)22(4)16(12)23)19-13(20-15)10-5-7-11(18)8-6-10/h5-9H,1-4H3. The van der Waals surface area contributed by atoms with Crippen LogP contribution in [0.25, 0.3) is 22.4 Å². The number of rotatable bonds is 3. The van der Waals surface area contributed by atoms with Crippen molar-refractivity contribution in [1.29, 1.82) is 0 Å². The van der Waals surface area contributed by atoms with Crippen molar-refractivity contribution in [2.45, 2.75) is 24.1 Å². The highest BCUT2D eigenvalue weighted by Gasteiger charge is 2.18. The second-order valence-corrected chi connectivity index (χ2v) is 7.50. The molecule has 0 atom stereocenters. The van der Waals surface area contributed by atoms with Gasteiger partial charge in [-0.3, -0.25) is 13.9 Å². The topological polar surface area (TPSA) is 69.8 Å². The van der Waals surface area contributed by atoms with E-state index in [-0.39, 0.29) is 16.7 Å². The fourth-order valence-corrected chi connectivity index (χ4v) is 3.35. The van der Waals surface area contributed by atoms with Crippen molar-refractivity contribution in [2.75, 3.05) is 0 Å². The minimum Gasteiger partial charge on any atom is -0.280 e. The van der Waals surface area contributed by atoms with E-state index in [0.29, 0.717) is 21.8 Å². The van der Waals surface area contributed by atoms with Crippen molar-refractivity contribution in [3.63, 3.8) is 0 Å². The summed E-state index contributed by atoms with van der Waals surface area (Å²) in [6.07, 6.45) is 0. The molecule has 2 heterocycles. The summed E-state index contributed by atoms with van der Waals surface area (Å²) in [7, 11) is 3.00. The quantitative estimate of drug-likeness (QED) is 0.530. The molecular weight excluding hydrogens is 343 g/mol. The summed E-state index contributed by atoms with van der Waals surface area (Å²) in [6.45, 7) is 3.98. The Morgan fingerprint density at radius 3 is 2.28 bits per heavy atom. The number of aryl methyl sites for hydroxylation is 1. The molecule has 1 aromatic carbocycles.